The molecule has 0 unspecified atom stereocenters. The van der Waals surface area contributed by atoms with Crippen molar-refractivity contribution in [3.8, 4) is 22.6 Å². The van der Waals surface area contributed by atoms with Crippen molar-refractivity contribution in [2.45, 2.75) is 77.0 Å². The summed E-state index contributed by atoms with van der Waals surface area (Å²) in [6.07, 6.45) is 0. The van der Waals surface area contributed by atoms with Crippen molar-refractivity contribution in [3.05, 3.63) is 225 Å². The normalized spacial score (nSPS) is 12.2. The second kappa shape index (κ2) is 16.4. The Morgan fingerprint density at radius 3 is 1.21 bits per heavy atom. The second-order valence-corrected chi connectivity index (χ2v) is 18.1. The molecule has 61 heavy (non-hydrogen) atoms. The van der Waals surface area contributed by atoms with Crippen LogP contribution in [0.4, 0.5) is 0 Å². The molecule has 7 aromatic rings. The summed E-state index contributed by atoms with van der Waals surface area (Å²) in [5.41, 5.74) is 5.91. The van der Waals surface area contributed by atoms with Gasteiger partial charge in [-0.05, 0) is 62.7 Å². The van der Waals surface area contributed by atoms with Gasteiger partial charge in [0.15, 0.2) is 0 Å². The van der Waals surface area contributed by atoms with Gasteiger partial charge in [-0.1, -0.05) is 207 Å². The fourth-order valence-corrected chi connectivity index (χ4v) is 8.38. The Hall–Kier alpha value is -6.72. The molecular weight excluding hydrogens is 753 g/mol. The SMILES string of the molecule is CC(C)(c1ccccc1)c1ccc(-c2cc(C(C)(C)c3ccccc3)cc(C(=O)Oc3c(C(=O)O)cc(C(C)(C)c4ccccc4)cc3C(C)(C)c3ccccc3)c2O)cc1. The van der Waals surface area contributed by atoms with Gasteiger partial charge in [0.2, 0.25) is 0 Å². The first kappa shape index (κ1) is 42.4. The number of rotatable bonds is 12. The van der Waals surface area contributed by atoms with Gasteiger partial charge in [-0.25, -0.2) is 9.59 Å². The number of phenolic OH excluding ortho intramolecular Hbond substituents is 1. The van der Waals surface area contributed by atoms with Gasteiger partial charge in [0.05, 0.1) is 0 Å². The largest absolute Gasteiger partial charge is 0.506 e. The first-order valence-electron chi connectivity index (χ1n) is 20.8. The molecule has 0 fully saturated rings. The molecule has 0 heterocycles. The van der Waals surface area contributed by atoms with Crippen LogP contribution in [0.25, 0.3) is 11.1 Å². The van der Waals surface area contributed by atoms with Crippen LogP contribution in [0.1, 0.15) is 121 Å². The standard InChI is InChI=1S/C56H54O5/c1-53(2,38-21-13-9-14-22-38)42-31-29-37(30-32-42)45-33-43(54(3,4)39-23-15-10-16-24-39)34-46(49(45)57)52(60)61-50-47(51(58)59)35-44(55(5,6)40-25-17-11-18-26-40)36-48(50)56(7,8)41-27-19-12-20-28-41/h9-36,57H,1-8H3,(H,58,59). The van der Waals surface area contributed by atoms with E-state index in [1.807, 2.05) is 147 Å². The number of esters is 1. The minimum absolute atomic E-state index is 0.0693. The summed E-state index contributed by atoms with van der Waals surface area (Å²) in [6, 6.07) is 55.3. The van der Waals surface area contributed by atoms with Crippen molar-refractivity contribution in [1.82, 2.24) is 0 Å². The van der Waals surface area contributed by atoms with Gasteiger partial charge in [0.1, 0.15) is 22.6 Å². The Morgan fingerprint density at radius 2 is 0.787 bits per heavy atom. The molecule has 0 aliphatic rings. The van der Waals surface area contributed by atoms with Crippen LogP contribution in [0.2, 0.25) is 0 Å². The van der Waals surface area contributed by atoms with Gasteiger partial charge in [0.25, 0.3) is 0 Å². The molecule has 0 bridgehead atoms. The zero-order chi connectivity index (χ0) is 43.7. The van der Waals surface area contributed by atoms with E-state index >= 15 is 0 Å². The third-order valence-corrected chi connectivity index (χ3v) is 12.9. The van der Waals surface area contributed by atoms with E-state index in [4.69, 9.17) is 4.74 Å². The maximum atomic E-state index is 14.9. The number of carbonyl (C=O) groups excluding carboxylic acids is 1. The Morgan fingerprint density at radius 1 is 0.426 bits per heavy atom. The summed E-state index contributed by atoms with van der Waals surface area (Å²) in [7, 11) is 0. The highest BCUT2D eigenvalue weighted by Crippen LogP contribution is 2.46. The quantitative estimate of drug-likeness (QED) is 0.0949. The Kier molecular flexibility index (Phi) is 11.4. The van der Waals surface area contributed by atoms with Gasteiger partial charge < -0.3 is 14.9 Å². The van der Waals surface area contributed by atoms with Crippen LogP contribution in [0.15, 0.2) is 170 Å². The van der Waals surface area contributed by atoms with Crippen LogP contribution in [0, 0.1) is 0 Å². The van der Waals surface area contributed by atoms with Crippen LogP contribution < -0.4 is 4.74 Å². The van der Waals surface area contributed by atoms with Gasteiger partial charge in [-0.2, -0.15) is 0 Å². The van der Waals surface area contributed by atoms with E-state index in [0.717, 1.165) is 38.9 Å². The number of hydrogen-bond donors (Lipinski definition) is 2. The fraction of sp³-hybridized carbons (Fsp3) is 0.214. The summed E-state index contributed by atoms with van der Waals surface area (Å²) in [5, 5.41) is 23.1. The first-order valence-corrected chi connectivity index (χ1v) is 20.8. The van der Waals surface area contributed by atoms with Gasteiger partial charge in [0, 0.05) is 32.8 Å². The van der Waals surface area contributed by atoms with Crippen LogP contribution >= 0.6 is 0 Å². The van der Waals surface area contributed by atoms with E-state index in [0.29, 0.717) is 11.1 Å². The molecule has 0 aromatic heterocycles. The maximum Gasteiger partial charge on any atom is 0.347 e. The lowest BCUT2D eigenvalue weighted by atomic mass is 9.72. The summed E-state index contributed by atoms with van der Waals surface area (Å²) in [5.74, 6) is -2.43. The first-order chi connectivity index (χ1) is 28.9. The Balaban J connectivity index is 1.40. The van der Waals surface area contributed by atoms with E-state index < -0.39 is 28.2 Å². The number of hydrogen-bond acceptors (Lipinski definition) is 4. The molecular formula is C56H54O5. The third kappa shape index (κ3) is 8.13. The zero-order valence-corrected chi connectivity index (χ0v) is 36.3. The third-order valence-electron chi connectivity index (χ3n) is 12.9. The lowest BCUT2D eigenvalue weighted by molar-refractivity contribution is 0.0679. The summed E-state index contributed by atoms with van der Waals surface area (Å²) >= 11 is 0. The lowest BCUT2D eigenvalue weighted by Gasteiger charge is -2.33. The van der Waals surface area contributed by atoms with E-state index in [1.54, 1.807) is 12.1 Å². The predicted octanol–water partition coefficient (Wildman–Crippen LogP) is 13.3. The van der Waals surface area contributed by atoms with Crippen molar-refractivity contribution < 1.29 is 24.5 Å². The molecule has 7 aromatic carbocycles. The summed E-state index contributed by atoms with van der Waals surface area (Å²) < 4.78 is 6.38. The number of aromatic carboxylic acids is 1. The molecule has 0 radical (unpaired) electrons. The van der Waals surface area contributed by atoms with Crippen LogP contribution in [0.5, 0.6) is 11.5 Å². The van der Waals surface area contributed by atoms with Gasteiger partial charge in [-0.15, -0.1) is 0 Å². The van der Waals surface area contributed by atoms with E-state index in [2.05, 4.69) is 65.8 Å². The van der Waals surface area contributed by atoms with E-state index in [9.17, 15) is 19.8 Å². The molecule has 0 aliphatic heterocycles. The van der Waals surface area contributed by atoms with Crippen molar-refractivity contribution in [1.29, 1.82) is 0 Å². The summed E-state index contributed by atoms with van der Waals surface area (Å²) in [6.45, 7) is 16.6. The van der Waals surface area contributed by atoms with Crippen LogP contribution in [0.3, 0.4) is 0 Å². The Bertz CT molecular complexity index is 2680. The molecule has 5 nitrogen and oxygen atoms in total. The number of benzene rings is 7. The van der Waals surface area contributed by atoms with Crippen LogP contribution in [-0.2, 0) is 21.7 Å². The molecule has 0 atom stereocenters. The number of carboxylic acids is 1. The molecule has 0 saturated heterocycles. The van der Waals surface area contributed by atoms with Crippen molar-refractivity contribution >= 4 is 11.9 Å². The second-order valence-electron chi connectivity index (χ2n) is 18.1. The van der Waals surface area contributed by atoms with Crippen molar-refractivity contribution in [2.75, 3.05) is 0 Å². The molecule has 0 spiro atoms. The zero-order valence-electron chi connectivity index (χ0n) is 36.3. The maximum absolute atomic E-state index is 14.9. The van der Waals surface area contributed by atoms with Crippen LogP contribution in [-0.4, -0.2) is 22.2 Å². The molecule has 5 heteroatoms. The number of carboxylic acid groups (broad SMARTS) is 1. The minimum atomic E-state index is -1.24. The molecule has 7 rings (SSSR count). The molecule has 0 amide bonds. The smallest absolute Gasteiger partial charge is 0.347 e. The lowest BCUT2D eigenvalue weighted by Crippen LogP contribution is -2.26. The average molecular weight is 807 g/mol. The number of carbonyl (C=O) groups is 2. The molecule has 308 valence electrons. The van der Waals surface area contributed by atoms with Gasteiger partial charge in [-0.3, -0.25) is 0 Å². The molecule has 0 aliphatic carbocycles. The minimum Gasteiger partial charge on any atom is -0.506 e. The summed E-state index contributed by atoms with van der Waals surface area (Å²) in [4.78, 5) is 28.3. The Labute approximate surface area is 360 Å². The van der Waals surface area contributed by atoms with Crippen molar-refractivity contribution in [3.63, 3.8) is 0 Å². The monoisotopic (exact) mass is 806 g/mol. The topological polar surface area (TPSA) is 83.8 Å². The number of phenols is 1. The average Bonchev–Trinajstić information content (AvgIpc) is 3.27. The molecule has 2 N–H and O–H groups in total. The van der Waals surface area contributed by atoms with E-state index in [-0.39, 0.29) is 28.0 Å². The van der Waals surface area contributed by atoms with Crippen molar-refractivity contribution in [2.24, 2.45) is 0 Å². The fourth-order valence-electron chi connectivity index (χ4n) is 8.38. The predicted molar refractivity (Wildman–Crippen MR) is 246 cm³/mol. The highest BCUT2D eigenvalue weighted by atomic mass is 16.5. The number of aromatic hydroxyl groups is 1. The highest BCUT2D eigenvalue weighted by molar-refractivity contribution is 6.00. The number of ether oxygens (including phenoxy) is 1. The van der Waals surface area contributed by atoms with Gasteiger partial charge >= 0.3 is 11.9 Å². The van der Waals surface area contributed by atoms with E-state index in [1.165, 1.54) is 5.56 Å². The molecule has 0 saturated carbocycles. The highest BCUT2D eigenvalue weighted by Gasteiger charge is 2.36.